The van der Waals surface area contributed by atoms with Gasteiger partial charge in [-0.1, -0.05) is 6.07 Å². The van der Waals surface area contributed by atoms with E-state index in [-0.39, 0.29) is 30.2 Å². The molecule has 2 saturated heterocycles. The molecule has 150 valence electrons. The third kappa shape index (κ3) is 5.35. The van der Waals surface area contributed by atoms with Gasteiger partial charge in [0.05, 0.1) is 12.6 Å². The maximum atomic E-state index is 14.2. The van der Waals surface area contributed by atoms with E-state index in [0.29, 0.717) is 42.7 Å². The van der Waals surface area contributed by atoms with Crippen LogP contribution in [0.4, 0.5) is 4.39 Å². The summed E-state index contributed by atoms with van der Waals surface area (Å²) in [6, 6.07) is 6.01. The lowest BCUT2D eigenvalue weighted by Crippen LogP contribution is -2.40. The smallest absolute Gasteiger partial charge is 0.220 e. The van der Waals surface area contributed by atoms with Gasteiger partial charge in [-0.15, -0.1) is 12.4 Å². The second-order valence-electron chi connectivity index (χ2n) is 8.41. The number of rotatable bonds is 7. The SMILES string of the molecule is CC(NC(=O)CC1CC2CCC(C1)N2)c1ccc(OCC2CC2)c(F)c1.Cl. The van der Waals surface area contributed by atoms with Crippen LogP contribution in [-0.4, -0.2) is 24.6 Å². The number of fused-ring (bicyclic) bond motifs is 2. The van der Waals surface area contributed by atoms with Gasteiger partial charge in [-0.25, -0.2) is 4.39 Å². The minimum absolute atomic E-state index is 0. The molecule has 1 aromatic rings. The Balaban J connectivity index is 0.00000210. The maximum Gasteiger partial charge on any atom is 0.220 e. The Hall–Kier alpha value is -1.33. The van der Waals surface area contributed by atoms with Gasteiger partial charge < -0.3 is 15.4 Å². The fourth-order valence-corrected chi connectivity index (χ4v) is 4.38. The van der Waals surface area contributed by atoms with Crippen LogP contribution in [0.5, 0.6) is 5.75 Å². The molecule has 2 N–H and O–H groups in total. The van der Waals surface area contributed by atoms with Gasteiger partial charge in [0.2, 0.25) is 5.91 Å². The number of hydrogen-bond acceptors (Lipinski definition) is 3. The maximum absolute atomic E-state index is 14.2. The molecule has 3 aliphatic rings. The van der Waals surface area contributed by atoms with Crippen molar-refractivity contribution in [1.82, 2.24) is 10.6 Å². The first-order valence-electron chi connectivity index (χ1n) is 10.0. The minimum atomic E-state index is -0.348. The summed E-state index contributed by atoms with van der Waals surface area (Å²) >= 11 is 0. The van der Waals surface area contributed by atoms with Crippen LogP contribution < -0.4 is 15.4 Å². The average Bonchev–Trinajstić information content (AvgIpc) is 3.37. The fraction of sp³-hybridized carbons (Fsp3) is 0.667. The number of piperidine rings is 1. The van der Waals surface area contributed by atoms with E-state index < -0.39 is 0 Å². The van der Waals surface area contributed by atoms with Crippen molar-refractivity contribution in [2.24, 2.45) is 11.8 Å². The lowest BCUT2D eigenvalue weighted by Gasteiger charge is -2.29. The second-order valence-corrected chi connectivity index (χ2v) is 8.41. The predicted molar refractivity (Wildman–Crippen MR) is 106 cm³/mol. The number of carbonyl (C=O) groups excluding carboxylic acids is 1. The highest BCUT2D eigenvalue weighted by Crippen LogP contribution is 2.33. The molecular formula is C21H30ClFN2O2. The van der Waals surface area contributed by atoms with Crippen LogP contribution in [0.1, 0.15) is 63.5 Å². The third-order valence-electron chi connectivity index (χ3n) is 6.05. The topological polar surface area (TPSA) is 50.4 Å². The molecule has 0 aromatic heterocycles. The zero-order valence-corrected chi connectivity index (χ0v) is 16.7. The summed E-state index contributed by atoms with van der Waals surface area (Å²) in [5, 5.41) is 6.64. The Kier molecular flexibility index (Phi) is 6.64. The largest absolute Gasteiger partial charge is 0.490 e. The van der Waals surface area contributed by atoms with Gasteiger partial charge in [-0.3, -0.25) is 4.79 Å². The minimum Gasteiger partial charge on any atom is -0.490 e. The first-order chi connectivity index (χ1) is 12.6. The number of carbonyl (C=O) groups is 1. The van der Waals surface area contributed by atoms with E-state index in [1.54, 1.807) is 6.07 Å². The number of ether oxygens (including phenoxy) is 1. The Bertz CT molecular complexity index is 656. The van der Waals surface area contributed by atoms with Gasteiger partial charge in [0, 0.05) is 18.5 Å². The Morgan fingerprint density at radius 3 is 2.56 bits per heavy atom. The van der Waals surface area contributed by atoms with Gasteiger partial charge in [0.15, 0.2) is 11.6 Å². The highest BCUT2D eigenvalue weighted by Gasteiger charge is 2.34. The molecule has 3 fully saturated rings. The number of nitrogens with one attached hydrogen (secondary N) is 2. The normalized spacial score (nSPS) is 27.6. The summed E-state index contributed by atoms with van der Waals surface area (Å²) in [6.45, 7) is 2.50. The Morgan fingerprint density at radius 2 is 1.93 bits per heavy atom. The van der Waals surface area contributed by atoms with Crippen molar-refractivity contribution in [2.75, 3.05) is 6.61 Å². The molecule has 2 heterocycles. The zero-order chi connectivity index (χ0) is 18.1. The molecule has 0 spiro atoms. The summed E-state index contributed by atoms with van der Waals surface area (Å²) in [4.78, 5) is 12.4. The molecule has 27 heavy (non-hydrogen) atoms. The van der Waals surface area contributed by atoms with Crippen molar-refractivity contribution in [3.8, 4) is 5.75 Å². The summed E-state index contributed by atoms with van der Waals surface area (Å²) in [6.07, 6.45) is 7.62. The van der Waals surface area contributed by atoms with Gasteiger partial charge in [-0.2, -0.15) is 0 Å². The first kappa shape index (κ1) is 20.4. The Labute approximate surface area is 167 Å². The average molecular weight is 397 g/mol. The van der Waals surface area contributed by atoms with E-state index in [0.717, 1.165) is 18.4 Å². The van der Waals surface area contributed by atoms with Crippen LogP contribution in [0.25, 0.3) is 0 Å². The zero-order valence-electron chi connectivity index (χ0n) is 15.9. The van der Waals surface area contributed by atoms with Crippen LogP contribution in [0.2, 0.25) is 0 Å². The van der Waals surface area contributed by atoms with Crippen LogP contribution in [0.3, 0.4) is 0 Å². The molecule has 1 aliphatic carbocycles. The van der Waals surface area contributed by atoms with E-state index in [1.165, 1.54) is 31.7 Å². The summed E-state index contributed by atoms with van der Waals surface area (Å²) in [5.74, 6) is 1.09. The van der Waals surface area contributed by atoms with E-state index in [9.17, 15) is 9.18 Å². The lowest BCUT2D eigenvalue weighted by atomic mass is 9.89. The molecule has 0 radical (unpaired) electrons. The predicted octanol–water partition coefficient (Wildman–Crippen LogP) is 4.13. The molecule has 1 saturated carbocycles. The second kappa shape index (κ2) is 8.78. The van der Waals surface area contributed by atoms with Gasteiger partial charge >= 0.3 is 0 Å². The molecule has 4 nitrogen and oxygen atoms in total. The molecule has 1 aromatic carbocycles. The molecular weight excluding hydrogens is 367 g/mol. The highest BCUT2D eigenvalue weighted by molar-refractivity contribution is 5.85. The molecule has 4 rings (SSSR count). The molecule has 2 aliphatic heterocycles. The van der Waals surface area contributed by atoms with Crippen molar-refractivity contribution in [3.05, 3.63) is 29.6 Å². The monoisotopic (exact) mass is 396 g/mol. The van der Waals surface area contributed by atoms with Crippen LogP contribution in [0, 0.1) is 17.7 Å². The molecule has 2 bridgehead atoms. The third-order valence-corrected chi connectivity index (χ3v) is 6.05. The van der Waals surface area contributed by atoms with Crippen molar-refractivity contribution < 1.29 is 13.9 Å². The fourth-order valence-electron chi connectivity index (χ4n) is 4.38. The van der Waals surface area contributed by atoms with Gasteiger partial charge in [-0.05, 0) is 75.0 Å². The number of hydrogen-bond donors (Lipinski definition) is 2. The van der Waals surface area contributed by atoms with Crippen LogP contribution >= 0.6 is 12.4 Å². The summed E-state index contributed by atoms with van der Waals surface area (Å²) in [7, 11) is 0. The van der Waals surface area contributed by atoms with Gasteiger partial charge in [0.25, 0.3) is 0 Å². The Morgan fingerprint density at radius 1 is 1.22 bits per heavy atom. The lowest BCUT2D eigenvalue weighted by molar-refractivity contribution is -0.122. The first-order valence-corrected chi connectivity index (χ1v) is 10.0. The number of benzene rings is 1. The van der Waals surface area contributed by atoms with E-state index >= 15 is 0 Å². The molecule has 6 heteroatoms. The highest BCUT2D eigenvalue weighted by atomic mass is 35.5. The van der Waals surface area contributed by atoms with Crippen molar-refractivity contribution in [1.29, 1.82) is 0 Å². The summed E-state index contributed by atoms with van der Waals surface area (Å²) in [5.41, 5.74) is 0.778. The summed E-state index contributed by atoms with van der Waals surface area (Å²) < 4.78 is 19.8. The van der Waals surface area contributed by atoms with Crippen molar-refractivity contribution >= 4 is 18.3 Å². The number of amides is 1. The standard InChI is InChI=1S/C21H29FN2O2.ClH/c1-13(16-4-7-20(19(22)11-16)26-12-14-2-3-14)23-21(25)10-15-8-17-5-6-18(9-15)24-17;/h4,7,11,13-15,17-18,24H,2-3,5-6,8-10,12H2,1H3,(H,23,25);1H. The van der Waals surface area contributed by atoms with Crippen LogP contribution in [-0.2, 0) is 4.79 Å². The van der Waals surface area contributed by atoms with Crippen LogP contribution in [0.15, 0.2) is 18.2 Å². The molecule has 3 unspecified atom stereocenters. The van der Waals surface area contributed by atoms with Crippen molar-refractivity contribution in [2.45, 2.75) is 70.0 Å². The van der Waals surface area contributed by atoms with E-state index in [2.05, 4.69) is 10.6 Å². The van der Waals surface area contributed by atoms with E-state index in [4.69, 9.17) is 4.74 Å². The number of halogens is 2. The van der Waals surface area contributed by atoms with E-state index in [1.807, 2.05) is 13.0 Å². The van der Waals surface area contributed by atoms with Crippen molar-refractivity contribution in [3.63, 3.8) is 0 Å². The van der Waals surface area contributed by atoms with Gasteiger partial charge in [0.1, 0.15) is 0 Å². The quantitative estimate of drug-likeness (QED) is 0.728. The molecule has 1 amide bonds. The molecule has 3 atom stereocenters.